The normalized spacial score (nSPS) is 31.0. The van der Waals surface area contributed by atoms with Crippen molar-refractivity contribution in [3.8, 4) is 0 Å². The number of thiazole rings is 1. The Bertz CT molecular complexity index is 351. The van der Waals surface area contributed by atoms with E-state index in [0.29, 0.717) is 0 Å². The summed E-state index contributed by atoms with van der Waals surface area (Å²) in [4.78, 5) is 4.69. The van der Waals surface area contributed by atoms with Gasteiger partial charge in [-0.15, -0.1) is 11.3 Å². The molecule has 0 radical (unpaired) electrons. The molecule has 2 fully saturated rings. The highest BCUT2D eigenvalue weighted by Crippen LogP contribution is 2.40. The third-order valence-corrected chi connectivity index (χ3v) is 5.46. The van der Waals surface area contributed by atoms with E-state index in [1.165, 1.54) is 41.5 Å². The topological polar surface area (TPSA) is 24.9 Å². The number of thioether (sulfide) groups is 1. The fourth-order valence-electron chi connectivity index (χ4n) is 2.10. The van der Waals surface area contributed by atoms with Gasteiger partial charge in [-0.2, -0.15) is 11.8 Å². The monoisotopic (exact) mass is 240 g/mol. The fraction of sp³-hybridized carbons (Fsp3) is 0.727. The molecular formula is C11H16N2S2. The van der Waals surface area contributed by atoms with Gasteiger partial charge in [-0.25, -0.2) is 4.98 Å². The van der Waals surface area contributed by atoms with Gasteiger partial charge in [-0.3, -0.25) is 0 Å². The largest absolute Gasteiger partial charge is 0.302 e. The second kappa shape index (κ2) is 3.75. The van der Waals surface area contributed by atoms with Crippen LogP contribution in [0.25, 0.3) is 0 Å². The first-order chi connectivity index (χ1) is 7.28. The summed E-state index contributed by atoms with van der Waals surface area (Å²) in [6.45, 7) is 2.09. The van der Waals surface area contributed by atoms with E-state index in [2.05, 4.69) is 34.4 Å². The second-order valence-electron chi connectivity index (χ2n) is 4.60. The van der Waals surface area contributed by atoms with E-state index >= 15 is 0 Å². The van der Waals surface area contributed by atoms with Crippen LogP contribution in [0.3, 0.4) is 0 Å². The van der Waals surface area contributed by atoms with Gasteiger partial charge in [0.1, 0.15) is 5.01 Å². The lowest BCUT2D eigenvalue weighted by atomic mass is 10.00. The first-order valence-corrected chi connectivity index (χ1v) is 7.60. The summed E-state index contributed by atoms with van der Waals surface area (Å²) in [5.41, 5.74) is 1.38. The molecule has 1 saturated heterocycles. The van der Waals surface area contributed by atoms with Crippen LogP contribution in [-0.4, -0.2) is 22.5 Å². The van der Waals surface area contributed by atoms with Gasteiger partial charge in [0.05, 0.1) is 5.54 Å². The van der Waals surface area contributed by atoms with Crippen LogP contribution in [0, 0.1) is 6.92 Å². The molecule has 1 aromatic heterocycles. The molecule has 0 aromatic carbocycles. The molecule has 1 atom stereocenters. The highest BCUT2D eigenvalue weighted by atomic mass is 32.2. The zero-order valence-corrected chi connectivity index (χ0v) is 10.6. The summed E-state index contributed by atoms with van der Waals surface area (Å²) < 4.78 is 0. The van der Waals surface area contributed by atoms with Gasteiger partial charge in [0.15, 0.2) is 0 Å². The SMILES string of the molecule is Cc1csc(C2(NC3CC3)CCSC2)n1. The predicted octanol–water partition coefficient (Wildman–Crippen LogP) is 2.54. The molecule has 1 aliphatic heterocycles. The maximum atomic E-state index is 4.69. The standard InChI is InChI=1S/C11H16N2S2/c1-8-6-15-10(12-8)11(4-5-14-7-11)13-9-2-3-9/h6,9,13H,2-5,7H2,1H3. The summed E-state index contributed by atoms with van der Waals surface area (Å²) in [5.74, 6) is 2.48. The Labute approximate surface area is 98.9 Å². The molecular weight excluding hydrogens is 224 g/mol. The molecule has 1 aromatic rings. The zero-order chi connectivity index (χ0) is 10.3. The van der Waals surface area contributed by atoms with Crippen LogP contribution >= 0.6 is 23.1 Å². The number of rotatable bonds is 3. The van der Waals surface area contributed by atoms with E-state index in [4.69, 9.17) is 0 Å². The average molecular weight is 240 g/mol. The molecule has 0 spiro atoms. The maximum absolute atomic E-state index is 4.69. The predicted molar refractivity (Wildman–Crippen MR) is 66.6 cm³/mol. The van der Waals surface area contributed by atoms with Crippen LogP contribution in [0.5, 0.6) is 0 Å². The van der Waals surface area contributed by atoms with Crippen molar-refractivity contribution in [3.05, 3.63) is 16.1 Å². The van der Waals surface area contributed by atoms with Crippen LogP contribution in [-0.2, 0) is 5.54 Å². The molecule has 2 heterocycles. The van der Waals surface area contributed by atoms with E-state index in [-0.39, 0.29) is 5.54 Å². The number of hydrogen-bond acceptors (Lipinski definition) is 4. The number of aryl methyl sites for hydroxylation is 1. The Kier molecular flexibility index (Phi) is 2.53. The van der Waals surface area contributed by atoms with Crippen molar-refractivity contribution in [3.63, 3.8) is 0 Å². The van der Waals surface area contributed by atoms with Crippen LogP contribution in [0.4, 0.5) is 0 Å². The van der Waals surface area contributed by atoms with Crippen molar-refractivity contribution in [2.45, 2.75) is 37.8 Å². The minimum atomic E-state index is 0.213. The van der Waals surface area contributed by atoms with Gasteiger partial charge in [-0.05, 0) is 31.9 Å². The van der Waals surface area contributed by atoms with Gasteiger partial charge >= 0.3 is 0 Å². The lowest BCUT2D eigenvalue weighted by Crippen LogP contribution is -2.43. The number of nitrogens with zero attached hydrogens (tertiary/aromatic N) is 1. The van der Waals surface area contributed by atoms with Crippen LogP contribution < -0.4 is 5.32 Å². The number of nitrogens with one attached hydrogen (secondary N) is 1. The van der Waals surface area contributed by atoms with E-state index < -0.39 is 0 Å². The number of aromatic nitrogens is 1. The summed E-state index contributed by atoms with van der Waals surface area (Å²) in [6, 6.07) is 0.771. The minimum Gasteiger partial charge on any atom is -0.302 e. The van der Waals surface area contributed by atoms with Crippen molar-refractivity contribution in [2.75, 3.05) is 11.5 Å². The summed E-state index contributed by atoms with van der Waals surface area (Å²) in [5, 5.41) is 7.31. The molecule has 2 aliphatic rings. The van der Waals surface area contributed by atoms with E-state index in [9.17, 15) is 0 Å². The Hall–Kier alpha value is -0.0600. The lowest BCUT2D eigenvalue weighted by Gasteiger charge is -2.27. The lowest BCUT2D eigenvalue weighted by molar-refractivity contribution is 0.370. The highest BCUT2D eigenvalue weighted by molar-refractivity contribution is 7.99. The molecule has 0 bridgehead atoms. The first kappa shape index (κ1) is 10.1. The molecule has 1 aliphatic carbocycles. The average Bonchev–Trinajstić information content (AvgIpc) is 2.73. The molecule has 3 rings (SSSR count). The van der Waals surface area contributed by atoms with E-state index in [0.717, 1.165) is 6.04 Å². The van der Waals surface area contributed by atoms with Crippen LogP contribution in [0.2, 0.25) is 0 Å². The van der Waals surface area contributed by atoms with Crippen molar-refractivity contribution < 1.29 is 0 Å². The third-order valence-electron chi connectivity index (χ3n) is 3.11. The molecule has 82 valence electrons. The Morgan fingerprint density at radius 2 is 2.40 bits per heavy atom. The van der Waals surface area contributed by atoms with Crippen LogP contribution in [0.1, 0.15) is 30.0 Å². The first-order valence-electron chi connectivity index (χ1n) is 5.57. The summed E-state index contributed by atoms with van der Waals surface area (Å²) >= 11 is 3.89. The van der Waals surface area contributed by atoms with E-state index in [1.54, 1.807) is 0 Å². The smallest absolute Gasteiger partial charge is 0.114 e. The molecule has 1 unspecified atom stereocenters. The molecule has 4 heteroatoms. The van der Waals surface area contributed by atoms with E-state index in [1.807, 2.05) is 11.3 Å². The Morgan fingerprint density at radius 3 is 2.93 bits per heavy atom. The minimum absolute atomic E-state index is 0.213. The van der Waals surface area contributed by atoms with Crippen molar-refractivity contribution in [2.24, 2.45) is 0 Å². The van der Waals surface area contributed by atoms with Crippen LogP contribution in [0.15, 0.2) is 5.38 Å². The molecule has 2 nitrogen and oxygen atoms in total. The highest BCUT2D eigenvalue weighted by Gasteiger charge is 2.42. The van der Waals surface area contributed by atoms with Crippen molar-refractivity contribution >= 4 is 23.1 Å². The van der Waals surface area contributed by atoms with Crippen molar-refractivity contribution in [1.29, 1.82) is 0 Å². The van der Waals surface area contributed by atoms with Gasteiger partial charge in [0.2, 0.25) is 0 Å². The molecule has 15 heavy (non-hydrogen) atoms. The third kappa shape index (κ3) is 1.95. The fourth-order valence-corrected chi connectivity index (χ4v) is 4.53. The zero-order valence-electron chi connectivity index (χ0n) is 8.95. The Morgan fingerprint density at radius 1 is 1.53 bits per heavy atom. The van der Waals surface area contributed by atoms with Crippen molar-refractivity contribution in [1.82, 2.24) is 10.3 Å². The molecule has 1 saturated carbocycles. The summed E-state index contributed by atoms with van der Waals surface area (Å²) in [7, 11) is 0. The second-order valence-corrected chi connectivity index (χ2v) is 6.56. The van der Waals surface area contributed by atoms with Gasteiger partial charge < -0.3 is 5.32 Å². The van der Waals surface area contributed by atoms with Gasteiger partial charge in [0, 0.05) is 22.9 Å². The quantitative estimate of drug-likeness (QED) is 0.879. The Balaban J connectivity index is 1.88. The van der Waals surface area contributed by atoms with Gasteiger partial charge in [-0.1, -0.05) is 0 Å². The van der Waals surface area contributed by atoms with Gasteiger partial charge in [0.25, 0.3) is 0 Å². The maximum Gasteiger partial charge on any atom is 0.114 e. The number of hydrogen-bond donors (Lipinski definition) is 1. The molecule has 0 amide bonds. The summed E-state index contributed by atoms with van der Waals surface area (Å²) in [6.07, 6.45) is 3.97. The molecule has 1 N–H and O–H groups in total.